The molecular formula is C13H17N2O4. The lowest BCUT2D eigenvalue weighted by atomic mass is 10.1. The van der Waals surface area contributed by atoms with Gasteiger partial charge in [-0.25, -0.2) is 0 Å². The van der Waals surface area contributed by atoms with Crippen LogP contribution in [0.1, 0.15) is 5.56 Å². The van der Waals surface area contributed by atoms with E-state index < -0.39 is 6.04 Å². The van der Waals surface area contributed by atoms with Gasteiger partial charge in [-0.3, -0.25) is 9.59 Å². The molecule has 0 saturated heterocycles. The summed E-state index contributed by atoms with van der Waals surface area (Å²) in [5.74, 6) is 0.369. The highest BCUT2D eigenvalue weighted by atomic mass is 16.5. The summed E-state index contributed by atoms with van der Waals surface area (Å²) < 4.78 is 5.04. The maximum Gasteiger partial charge on any atom is 0.309 e. The van der Waals surface area contributed by atoms with Gasteiger partial charge in [-0.1, -0.05) is 12.1 Å². The lowest BCUT2D eigenvalue weighted by Gasteiger charge is -2.15. The quantitative estimate of drug-likeness (QED) is 0.546. The van der Waals surface area contributed by atoms with Crippen LogP contribution < -0.4 is 15.4 Å². The molecule has 0 heterocycles. The summed E-state index contributed by atoms with van der Waals surface area (Å²) in [4.78, 5) is 22.1. The second-order valence-corrected chi connectivity index (χ2v) is 3.87. The van der Waals surface area contributed by atoms with Gasteiger partial charge in [0.05, 0.1) is 13.7 Å². The fraction of sp³-hybridized carbons (Fsp3) is 0.385. The molecule has 0 bridgehead atoms. The van der Waals surface area contributed by atoms with Gasteiger partial charge in [0.25, 0.3) is 0 Å². The summed E-state index contributed by atoms with van der Waals surface area (Å²) >= 11 is 0. The van der Waals surface area contributed by atoms with Crippen molar-refractivity contribution in [3.63, 3.8) is 0 Å². The zero-order valence-electron chi connectivity index (χ0n) is 10.7. The number of methoxy groups -OCH3 is 1. The van der Waals surface area contributed by atoms with Crippen molar-refractivity contribution in [3.8, 4) is 5.75 Å². The minimum absolute atomic E-state index is 0.147. The molecule has 6 heteroatoms. The SMILES string of the molecule is COc1ccc(C[C@H](N[C]=O)C(=O)NCCO)cc1. The first kappa shape index (κ1) is 15.0. The number of hydrogen-bond donors (Lipinski definition) is 3. The van der Waals surface area contributed by atoms with Crippen LogP contribution in [0.15, 0.2) is 24.3 Å². The number of ether oxygens (including phenoxy) is 1. The molecule has 1 atom stereocenters. The predicted molar refractivity (Wildman–Crippen MR) is 69.4 cm³/mol. The van der Waals surface area contributed by atoms with Crippen LogP contribution in [-0.4, -0.2) is 43.7 Å². The van der Waals surface area contributed by atoms with Gasteiger partial charge < -0.3 is 20.5 Å². The number of nitrogens with one attached hydrogen (secondary N) is 2. The monoisotopic (exact) mass is 265 g/mol. The topological polar surface area (TPSA) is 87.7 Å². The standard InChI is InChI=1S/C13H17N2O4/c1-19-11-4-2-10(3-5-11)8-12(15-9-17)13(18)14-6-7-16/h2-5,12,16H,6-8H2,1H3,(H,14,18)(H,15,17)/t12-/m0/s1. The molecule has 1 aromatic rings. The molecule has 0 aromatic heterocycles. The molecule has 0 aliphatic rings. The Morgan fingerprint density at radius 2 is 2.11 bits per heavy atom. The van der Waals surface area contributed by atoms with Crippen LogP contribution in [0.5, 0.6) is 5.75 Å². The average Bonchev–Trinajstić information content (AvgIpc) is 2.45. The fourth-order valence-corrected chi connectivity index (χ4v) is 1.58. The maximum absolute atomic E-state index is 11.7. The van der Waals surface area contributed by atoms with Crippen LogP contribution >= 0.6 is 0 Å². The summed E-state index contributed by atoms with van der Waals surface area (Å²) in [7, 11) is 1.57. The van der Waals surface area contributed by atoms with E-state index in [1.807, 2.05) is 12.1 Å². The molecule has 1 rings (SSSR count). The Bertz CT molecular complexity index is 406. The second kappa shape index (κ2) is 8.10. The number of benzene rings is 1. The Morgan fingerprint density at radius 1 is 1.42 bits per heavy atom. The number of carbonyl (C=O) groups excluding carboxylic acids is 2. The summed E-state index contributed by atoms with van der Waals surface area (Å²) in [5.41, 5.74) is 0.882. The van der Waals surface area contributed by atoms with Gasteiger partial charge in [-0.05, 0) is 17.7 Å². The largest absolute Gasteiger partial charge is 0.497 e. The van der Waals surface area contributed by atoms with E-state index in [4.69, 9.17) is 9.84 Å². The van der Waals surface area contributed by atoms with E-state index in [1.54, 1.807) is 19.2 Å². The normalized spacial score (nSPS) is 11.5. The summed E-state index contributed by atoms with van der Waals surface area (Å²) in [5, 5.41) is 13.5. The Labute approximate surface area is 111 Å². The smallest absolute Gasteiger partial charge is 0.309 e. The van der Waals surface area contributed by atoms with E-state index in [-0.39, 0.29) is 19.1 Å². The fourth-order valence-electron chi connectivity index (χ4n) is 1.58. The van der Waals surface area contributed by atoms with E-state index in [9.17, 15) is 9.59 Å². The zero-order valence-corrected chi connectivity index (χ0v) is 10.7. The second-order valence-electron chi connectivity index (χ2n) is 3.87. The van der Waals surface area contributed by atoms with Crippen molar-refractivity contribution in [1.82, 2.24) is 10.6 Å². The van der Waals surface area contributed by atoms with Gasteiger partial charge in [0.2, 0.25) is 5.91 Å². The molecule has 19 heavy (non-hydrogen) atoms. The van der Waals surface area contributed by atoms with Crippen molar-refractivity contribution >= 4 is 12.3 Å². The molecule has 0 unspecified atom stereocenters. The summed E-state index contributed by atoms with van der Waals surface area (Å²) in [6.45, 7) is 0.00425. The molecule has 103 valence electrons. The Morgan fingerprint density at radius 3 is 2.63 bits per heavy atom. The average molecular weight is 265 g/mol. The number of amides is 2. The number of carbonyl (C=O) groups is 1. The van der Waals surface area contributed by atoms with Crippen molar-refractivity contribution in [2.75, 3.05) is 20.3 Å². The minimum Gasteiger partial charge on any atom is -0.497 e. The number of aliphatic hydroxyl groups excluding tert-OH is 1. The van der Waals surface area contributed by atoms with Crippen LogP contribution in [0.25, 0.3) is 0 Å². The molecule has 0 aliphatic heterocycles. The number of hydrogen-bond acceptors (Lipinski definition) is 4. The van der Waals surface area contributed by atoms with E-state index in [2.05, 4.69) is 10.6 Å². The lowest BCUT2D eigenvalue weighted by Crippen LogP contribution is -2.45. The zero-order chi connectivity index (χ0) is 14.1. The molecular weight excluding hydrogens is 248 g/mol. The first-order valence-corrected chi connectivity index (χ1v) is 5.85. The number of aliphatic hydroxyl groups is 1. The van der Waals surface area contributed by atoms with Crippen LogP contribution in [0.2, 0.25) is 0 Å². The Balaban J connectivity index is 2.65. The Kier molecular flexibility index (Phi) is 6.38. The van der Waals surface area contributed by atoms with Crippen molar-refractivity contribution in [3.05, 3.63) is 29.8 Å². The van der Waals surface area contributed by atoms with E-state index in [0.29, 0.717) is 6.42 Å². The molecule has 0 saturated carbocycles. The third kappa shape index (κ3) is 4.97. The third-order valence-corrected chi connectivity index (χ3v) is 2.56. The summed E-state index contributed by atoms with van der Waals surface area (Å²) in [6.07, 6.45) is 1.86. The van der Waals surface area contributed by atoms with Gasteiger partial charge >= 0.3 is 6.41 Å². The van der Waals surface area contributed by atoms with Crippen molar-refractivity contribution in [2.45, 2.75) is 12.5 Å². The molecule has 0 aliphatic carbocycles. The van der Waals surface area contributed by atoms with Crippen LogP contribution in [0.3, 0.4) is 0 Å². The van der Waals surface area contributed by atoms with Crippen LogP contribution in [-0.2, 0) is 16.0 Å². The van der Waals surface area contributed by atoms with Gasteiger partial charge in [0.1, 0.15) is 11.8 Å². The highest BCUT2D eigenvalue weighted by Gasteiger charge is 2.17. The van der Waals surface area contributed by atoms with Crippen LogP contribution in [0, 0.1) is 0 Å². The maximum atomic E-state index is 11.7. The predicted octanol–water partition coefficient (Wildman–Crippen LogP) is -0.628. The van der Waals surface area contributed by atoms with E-state index >= 15 is 0 Å². The van der Waals surface area contributed by atoms with Gasteiger partial charge in [-0.15, -0.1) is 0 Å². The van der Waals surface area contributed by atoms with Crippen molar-refractivity contribution < 1.29 is 19.4 Å². The molecule has 0 spiro atoms. The van der Waals surface area contributed by atoms with Crippen molar-refractivity contribution in [1.29, 1.82) is 0 Å². The lowest BCUT2D eigenvalue weighted by molar-refractivity contribution is -0.122. The molecule has 1 radical (unpaired) electrons. The number of rotatable bonds is 8. The van der Waals surface area contributed by atoms with Gasteiger partial charge in [0, 0.05) is 13.0 Å². The minimum atomic E-state index is -0.711. The first-order chi connectivity index (χ1) is 9.21. The highest BCUT2D eigenvalue weighted by molar-refractivity contribution is 5.83. The van der Waals surface area contributed by atoms with E-state index in [0.717, 1.165) is 11.3 Å². The first-order valence-electron chi connectivity index (χ1n) is 5.85. The summed E-state index contributed by atoms with van der Waals surface area (Å²) in [6, 6.07) is 6.48. The van der Waals surface area contributed by atoms with Gasteiger partial charge in [-0.2, -0.15) is 0 Å². The van der Waals surface area contributed by atoms with Crippen molar-refractivity contribution in [2.24, 2.45) is 0 Å². The third-order valence-electron chi connectivity index (χ3n) is 2.56. The molecule has 6 nitrogen and oxygen atoms in total. The van der Waals surface area contributed by atoms with Gasteiger partial charge in [0.15, 0.2) is 0 Å². The molecule has 1 aromatic carbocycles. The molecule has 0 fully saturated rings. The van der Waals surface area contributed by atoms with Crippen LogP contribution in [0.4, 0.5) is 0 Å². The Hall–Kier alpha value is -2.08. The molecule has 3 N–H and O–H groups in total. The molecule has 2 amide bonds. The highest BCUT2D eigenvalue weighted by Crippen LogP contribution is 2.12. The van der Waals surface area contributed by atoms with E-state index in [1.165, 1.54) is 6.41 Å².